The van der Waals surface area contributed by atoms with Crippen LogP contribution in [0.2, 0.25) is 0 Å². The number of anilines is 1. The highest BCUT2D eigenvalue weighted by atomic mass is 79.9. The molecular formula is C12H15BrF2N2O. The fourth-order valence-electron chi connectivity index (χ4n) is 1.36. The third-order valence-corrected chi connectivity index (χ3v) is 2.94. The Kier molecular flexibility index (Phi) is 5.53. The zero-order valence-electron chi connectivity index (χ0n) is 10.2. The number of carbonyl (C=O) groups excluding carboxylic acids is 1. The highest BCUT2D eigenvalue weighted by Crippen LogP contribution is 2.27. The van der Waals surface area contributed by atoms with Crippen LogP contribution in [0.1, 0.15) is 20.3 Å². The van der Waals surface area contributed by atoms with Crippen LogP contribution in [0.4, 0.5) is 14.5 Å². The van der Waals surface area contributed by atoms with Crippen LogP contribution < -0.4 is 10.6 Å². The topological polar surface area (TPSA) is 41.1 Å². The van der Waals surface area contributed by atoms with Gasteiger partial charge in [0.2, 0.25) is 5.91 Å². The van der Waals surface area contributed by atoms with Crippen molar-refractivity contribution in [3.63, 3.8) is 0 Å². The smallest absolute Gasteiger partial charge is 0.242 e. The van der Waals surface area contributed by atoms with E-state index in [2.05, 4.69) is 26.6 Å². The lowest BCUT2D eigenvalue weighted by molar-refractivity contribution is -0.121. The van der Waals surface area contributed by atoms with Crippen molar-refractivity contribution in [1.82, 2.24) is 5.32 Å². The van der Waals surface area contributed by atoms with Crippen molar-refractivity contribution in [2.24, 2.45) is 0 Å². The van der Waals surface area contributed by atoms with Gasteiger partial charge in [0.05, 0.1) is 5.69 Å². The summed E-state index contributed by atoms with van der Waals surface area (Å²) in [5, 5.41) is 5.40. The molecule has 0 radical (unpaired) electrons. The van der Waals surface area contributed by atoms with Gasteiger partial charge in [0.15, 0.2) is 0 Å². The second kappa shape index (κ2) is 6.68. The predicted octanol–water partition coefficient (Wildman–Crippen LogP) is 3.05. The number of nitrogens with one attached hydrogen (secondary N) is 2. The standard InChI is InChI=1S/C12H15BrF2N2O/c1-3-4-16-12(18)7(2)17-11-9(13)5-8(14)6-10(11)15/h5-7,17H,3-4H2,1-2H3,(H,16,18). The second-order valence-corrected chi connectivity index (χ2v) is 4.76. The summed E-state index contributed by atoms with van der Waals surface area (Å²) in [4.78, 5) is 11.6. The summed E-state index contributed by atoms with van der Waals surface area (Å²) in [5.41, 5.74) is 0.0792. The van der Waals surface area contributed by atoms with Gasteiger partial charge in [0.25, 0.3) is 0 Å². The number of hydrogen-bond acceptors (Lipinski definition) is 2. The summed E-state index contributed by atoms with van der Waals surface area (Å²) in [6.07, 6.45) is 0.826. The Labute approximate surface area is 113 Å². The highest BCUT2D eigenvalue weighted by Gasteiger charge is 2.16. The first-order chi connectivity index (χ1) is 8.45. The summed E-state index contributed by atoms with van der Waals surface area (Å²) in [6, 6.07) is 1.30. The van der Waals surface area contributed by atoms with Crippen molar-refractivity contribution in [1.29, 1.82) is 0 Å². The monoisotopic (exact) mass is 320 g/mol. The minimum atomic E-state index is -0.739. The fourth-order valence-corrected chi connectivity index (χ4v) is 1.89. The van der Waals surface area contributed by atoms with Crippen molar-refractivity contribution in [3.05, 3.63) is 28.2 Å². The van der Waals surface area contributed by atoms with Crippen LogP contribution >= 0.6 is 15.9 Å². The molecule has 1 amide bonds. The molecule has 1 atom stereocenters. The van der Waals surface area contributed by atoms with Crippen LogP contribution in [-0.4, -0.2) is 18.5 Å². The lowest BCUT2D eigenvalue weighted by Gasteiger charge is -2.16. The quantitative estimate of drug-likeness (QED) is 0.875. The van der Waals surface area contributed by atoms with E-state index in [1.807, 2.05) is 6.92 Å². The lowest BCUT2D eigenvalue weighted by Crippen LogP contribution is -2.38. The van der Waals surface area contributed by atoms with Gasteiger partial charge in [-0.05, 0) is 35.3 Å². The second-order valence-electron chi connectivity index (χ2n) is 3.90. The van der Waals surface area contributed by atoms with Gasteiger partial charge in [0, 0.05) is 17.1 Å². The third kappa shape index (κ3) is 3.94. The molecule has 1 aromatic rings. The number of rotatable bonds is 5. The maximum absolute atomic E-state index is 13.5. The molecule has 0 aliphatic carbocycles. The lowest BCUT2D eigenvalue weighted by atomic mass is 10.2. The van der Waals surface area contributed by atoms with Gasteiger partial charge in [0.1, 0.15) is 17.7 Å². The largest absolute Gasteiger partial charge is 0.371 e. The van der Waals surface area contributed by atoms with E-state index in [0.717, 1.165) is 18.6 Å². The van der Waals surface area contributed by atoms with E-state index in [1.165, 1.54) is 0 Å². The van der Waals surface area contributed by atoms with Gasteiger partial charge in [-0.2, -0.15) is 0 Å². The maximum Gasteiger partial charge on any atom is 0.242 e. The molecule has 0 aromatic heterocycles. The van der Waals surface area contributed by atoms with Gasteiger partial charge >= 0.3 is 0 Å². The van der Waals surface area contributed by atoms with Crippen molar-refractivity contribution in [2.45, 2.75) is 26.3 Å². The number of amides is 1. The van der Waals surface area contributed by atoms with Crippen LogP contribution in [0.15, 0.2) is 16.6 Å². The van der Waals surface area contributed by atoms with Crippen LogP contribution in [0.5, 0.6) is 0 Å². The van der Waals surface area contributed by atoms with Crippen molar-refractivity contribution in [3.8, 4) is 0 Å². The Morgan fingerprint density at radius 3 is 2.67 bits per heavy atom. The molecule has 0 aliphatic rings. The Balaban J connectivity index is 2.75. The summed E-state index contributed by atoms with van der Waals surface area (Å²) >= 11 is 3.05. The average molecular weight is 321 g/mol. The molecule has 1 aromatic carbocycles. The van der Waals surface area contributed by atoms with E-state index in [1.54, 1.807) is 6.92 Å². The van der Waals surface area contributed by atoms with E-state index in [4.69, 9.17) is 0 Å². The molecule has 3 nitrogen and oxygen atoms in total. The zero-order chi connectivity index (χ0) is 13.7. The average Bonchev–Trinajstić information content (AvgIpc) is 2.30. The number of hydrogen-bond donors (Lipinski definition) is 2. The van der Waals surface area contributed by atoms with Crippen LogP contribution in [0, 0.1) is 11.6 Å². The Bertz CT molecular complexity index is 417. The van der Waals surface area contributed by atoms with Crippen LogP contribution in [-0.2, 0) is 4.79 Å². The first kappa shape index (κ1) is 14.9. The highest BCUT2D eigenvalue weighted by molar-refractivity contribution is 9.10. The normalized spacial score (nSPS) is 12.1. The van der Waals surface area contributed by atoms with Gasteiger partial charge in [-0.25, -0.2) is 8.78 Å². The van der Waals surface area contributed by atoms with E-state index < -0.39 is 17.7 Å². The summed E-state index contributed by atoms with van der Waals surface area (Å²) in [6.45, 7) is 4.12. The molecule has 100 valence electrons. The molecule has 0 aliphatic heterocycles. The first-order valence-corrected chi connectivity index (χ1v) is 6.43. The Morgan fingerprint density at radius 1 is 1.44 bits per heavy atom. The van der Waals surface area contributed by atoms with Crippen molar-refractivity contribution >= 4 is 27.5 Å². The number of benzene rings is 1. The zero-order valence-corrected chi connectivity index (χ0v) is 11.8. The first-order valence-electron chi connectivity index (χ1n) is 5.64. The van der Waals surface area contributed by atoms with E-state index in [9.17, 15) is 13.6 Å². The molecule has 0 fully saturated rings. The molecule has 0 saturated carbocycles. The SMILES string of the molecule is CCCNC(=O)C(C)Nc1c(F)cc(F)cc1Br. The maximum atomic E-state index is 13.5. The predicted molar refractivity (Wildman–Crippen MR) is 70.4 cm³/mol. The van der Waals surface area contributed by atoms with Crippen molar-refractivity contribution < 1.29 is 13.6 Å². The molecule has 0 saturated heterocycles. The molecular weight excluding hydrogens is 306 g/mol. The third-order valence-electron chi connectivity index (χ3n) is 2.31. The van der Waals surface area contributed by atoms with E-state index in [0.29, 0.717) is 6.54 Å². The summed E-state index contributed by atoms with van der Waals surface area (Å²) < 4.78 is 26.7. The molecule has 2 N–H and O–H groups in total. The van der Waals surface area contributed by atoms with Crippen molar-refractivity contribution in [2.75, 3.05) is 11.9 Å². The summed E-state index contributed by atoms with van der Waals surface area (Å²) in [5.74, 6) is -1.64. The molecule has 18 heavy (non-hydrogen) atoms. The molecule has 0 heterocycles. The summed E-state index contributed by atoms with van der Waals surface area (Å²) in [7, 11) is 0. The molecule has 1 rings (SSSR count). The minimum absolute atomic E-state index is 0.0792. The minimum Gasteiger partial charge on any atom is -0.371 e. The fraction of sp³-hybridized carbons (Fsp3) is 0.417. The molecule has 0 spiro atoms. The van der Waals surface area contributed by atoms with Gasteiger partial charge in [-0.15, -0.1) is 0 Å². The van der Waals surface area contributed by atoms with Gasteiger partial charge in [-0.3, -0.25) is 4.79 Å². The molecule has 0 bridgehead atoms. The molecule has 6 heteroatoms. The Morgan fingerprint density at radius 2 is 2.11 bits per heavy atom. The number of carbonyl (C=O) groups is 1. The van der Waals surface area contributed by atoms with Crippen LogP contribution in [0.3, 0.4) is 0 Å². The molecule has 1 unspecified atom stereocenters. The van der Waals surface area contributed by atoms with Gasteiger partial charge < -0.3 is 10.6 Å². The number of halogens is 3. The Hall–Kier alpha value is -1.17. The van der Waals surface area contributed by atoms with E-state index >= 15 is 0 Å². The van der Waals surface area contributed by atoms with Gasteiger partial charge in [-0.1, -0.05) is 6.92 Å². The van der Waals surface area contributed by atoms with Crippen LogP contribution in [0.25, 0.3) is 0 Å². The van der Waals surface area contributed by atoms with E-state index in [-0.39, 0.29) is 16.1 Å².